The molecule has 0 aliphatic heterocycles. The first-order valence-corrected chi connectivity index (χ1v) is 7.44. The van der Waals surface area contributed by atoms with Crippen molar-refractivity contribution in [1.82, 2.24) is 14.8 Å². The Hall–Kier alpha value is -2.17. The number of nitrogens with one attached hydrogen (secondary N) is 1. The summed E-state index contributed by atoms with van der Waals surface area (Å²) in [4.78, 5) is 16.8. The van der Waals surface area contributed by atoms with Gasteiger partial charge in [0, 0.05) is 11.9 Å². The Morgan fingerprint density at radius 3 is 2.90 bits per heavy atom. The largest absolute Gasteiger partial charge is 0.295 e. The summed E-state index contributed by atoms with van der Waals surface area (Å²) >= 11 is 0. The molecule has 5 nitrogen and oxygen atoms in total. The van der Waals surface area contributed by atoms with Gasteiger partial charge < -0.3 is 0 Å². The lowest BCUT2D eigenvalue weighted by molar-refractivity contribution is 0.0948. The van der Waals surface area contributed by atoms with Crippen molar-refractivity contribution < 1.29 is 4.79 Å². The number of nitrogens with zero attached hydrogens (tertiary/aromatic N) is 3. The van der Waals surface area contributed by atoms with E-state index in [4.69, 9.17) is 0 Å². The monoisotopic (exact) mass is 284 g/mol. The highest BCUT2D eigenvalue weighted by Crippen LogP contribution is 2.21. The van der Waals surface area contributed by atoms with Crippen LogP contribution in [0.25, 0.3) is 5.65 Å². The maximum Gasteiger partial charge on any atom is 0.290 e. The number of hydrogen-bond acceptors (Lipinski definition) is 3. The topological polar surface area (TPSA) is 58.8 Å². The first-order valence-electron chi connectivity index (χ1n) is 7.44. The molecule has 1 amide bonds. The van der Waals surface area contributed by atoms with Gasteiger partial charge in [0.2, 0.25) is 0 Å². The molecule has 2 aromatic heterocycles. The van der Waals surface area contributed by atoms with E-state index in [0.717, 1.165) is 48.7 Å². The third-order valence-electron chi connectivity index (χ3n) is 4.09. The number of imidazole rings is 1. The number of hydrogen-bond donors (Lipinski definition) is 1. The predicted octanol–water partition coefficient (Wildman–Crippen LogP) is 2.94. The summed E-state index contributed by atoms with van der Waals surface area (Å²) in [7, 11) is 0. The van der Waals surface area contributed by atoms with Gasteiger partial charge in [0.1, 0.15) is 11.3 Å². The van der Waals surface area contributed by atoms with E-state index in [0.29, 0.717) is 5.69 Å². The zero-order chi connectivity index (χ0) is 14.8. The molecule has 5 heteroatoms. The predicted molar refractivity (Wildman–Crippen MR) is 82.5 cm³/mol. The van der Waals surface area contributed by atoms with Gasteiger partial charge in [-0.05, 0) is 50.7 Å². The van der Waals surface area contributed by atoms with Gasteiger partial charge in [-0.2, -0.15) is 5.10 Å². The van der Waals surface area contributed by atoms with E-state index in [-0.39, 0.29) is 5.91 Å². The molecule has 110 valence electrons. The van der Waals surface area contributed by atoms with Crippen molar-refractivity contribution in [3.63, 3.8) is 0 Å². The SMILES string of the molecule is Cc1nc2ccccn2c1C(=O)NN=C1CCC(C)CC1. The first kappa shape index (κ1) is 13.8. The molecule has 21 heavy (non-hydrogen) atoms. The van der Waals surface area contributed by atoms with E-state index in [1.165, 1.54) is 0 Å². The van der Waals surface area contributed by atoms with Gasteiger partial charge >= 0.3 is 0 Å². The van der Waals surface area contributed by atoms with Crippen LogP contribution in [0.5, 0.6) is 0 Å². The number of rotatable bonds is 2. The average molecular weight is 284 g/mol. The number of amides is 1. The number of fused-ring (bicyclic) bond motifs is 1. The number of pyridine rings is 1. The molecule has 1 N–H and O–H groups in total. The summed E-state index contributed by atoms with van der Waals surface area (Å²) in [5.74, 6) is 0.568. The highest BCUT2D eigenvalue weighted by Gasteiger charge is 2.17. The Morgan fingerprint density at radius 2 is 2.14 bits per heavy atom. The molecule has 0 unspecified atom stereocenters. The van der Waals surface area contributed by atoms with Gasteiger partial charge in [-0.3, -0.25) is 9.20 Å². The van der Waals surface area contributed by atoms with Crippen LogP contribution in [0.3, 0.4) is 0 Å². The minimum absolute atomic E-state index is 0.197. The lowest BCUT2D eigenvalue weighted by atomic mass is 9.90. The fourth-order valence-electron chi connectivity index (χ4n) is 2.78. The van der Waals surface area contributed by atoms with Crippen LogP contribution in [0.1, 0.15) is 48.8 Å². The van der Waals surface area contributed by atoms with Crippen molar-refractivity contribution in [2.24, 2.45) is 11.0 Å². The second kappa shape index (κ2) is 5.68. The lowest BCUT2D eigenvalue weighted by Gasteiger charge is -2.18. The van der Waals surface area contributed by atoms with E-state index < -0.39 is 0 Å². The summed E-state index contributed by atoms with van der Waals surface area (Å²) in [6, 6.07) is 5.68. The van der Waals surface area contributed by atoms with Gasteiger partial charge in [0.25, 0.3) is 5.91 Å². The maximum atomic E-state index is 12.4. The average Bonchev–Trinajstić information content (AvgIpc) is 2.82. The number of hydrazone groups is 1. The van der Waals surface area contributed by atoms with Crippen molar-refractivity contribution in [1.29, 1.82) is 0 Å². The van der Waals surface area contributed by atoms with Crippen LogP contribution in [-0.4, -0.2) is 21.0 Å². The second-order valence-electron chi connectivity index (χ2n) is 5.78. The molecule has 0 aromatic carbocycles. The summed E-state index contributed by atoms with van der Waals surface area (Å²) in [6.45, 7) is 4.11. The molecule has 0 atom stereocenters. The molecule has 2 heterocycles. The smallest absolute Gasteiger partial charge is 0.290 e. The van der Waals surface area contributed by atoms with Crippen LogP contribution in [0, 0.1) is 12.8 Å². The maximum absolute atomic E-state index is 12.4. The van der Waals surface area contributed by atoms with E-state index in [2.05, 4.69) is 22.4 Å². The van der Waals surface area contributed by atoms with E-state index in [1.807, 2.05) is 31.3 Å². The Balaban J connectivity index is 1.78. The Labute approximate surface area is 124 Å². The molecule has 0 radical (unpaired) electrons. The van der Waals surface area contributed by atoms with Crippen LogP contribution in [0.15, 0.2) is 29.5 Å². The third kappa shape index (κ3) is 2.82. The minimum Gasteiger partial charge on any atom is -0.295 e. The number of aryl methyl sites for hydroxylation is 1. The quantitative estimate of drug-likeness (QED) is 0.862. The normalized spacial score (nSPS) is 18.8. The van der Waals surface area contributed by atoms with Crippen molar-refractivity contribution in [2.75, 3.05) is 0 Å². The highest BCUT2D eigenvalue weighted by molar-refractivity contribution is 5.96. The second-order valence-corrected chi connectivity index (χ2v) is 5.78. The van der Waals surface area contributed by atoms with Gasteiger partial charge in [-0.15, -0.1) is 0 Å². The summed E-state index contributed by atoms with van der Waals surface area (Å²) < 4.78 is 1.80. The van der Waals surface area contributed by atoms with E-state index in [9.17, 15) is 4.79 Å². The van der Waals surface area contributed by atoms with Gasteiger partial charge in [0.15, 0.2) is 0 Å². The lowest BCUT2D eigenvalue weighted by Crippen LogP contribution is -2.23. The van der Waals surface area contributed by atoms with Crippen LogP contribution >= 0.6 is 0 Å². The van der Waals surface area contributed by atoms with E-state index in [1.54, 1.807) is 4.40 Å². The third-order valence-corrected chi connectivity index (χ3v) is 4.09. The van der Waals surface area contributed by atoms with Gasteiger partial charge in [-0.25, -0.2) is 10.4 Å². The van der Waals surface area contributed by atoms with E-state index >= 15 is 0 Å². The number of carbonyl (C=O) groups is 1. The molecular formula is C16H20N4O. The van der Waals surface area contributed by atoms with Crippen molar-refractivity contribution >= 4 is 17.3 Å². The fraction of sp³-hybridized carbons (Fsp3) is 0.438. The minimum atomic E-state index is -0.197. The summed E-state index contributed by atoms with van der Waals surface area (Å²) in [5.41, 5.74) is 5.83. The molecule has 2 aromatic rings. The van der Waals surface area contributed by atoms with Crippen molar-refractivity contribution in [3.05, 3.63) is 35.8 Å². The summed E-state index contributed by atoms with van der Waals surface area (Å²) in [5, 5.41) is 4.30. The molecule has 1 aliphatic carbocycles. The molecular weight excluding hydrogens is 264 g/mol. The molecule has 1 saturated carbocycles. The standard InChI is InChI=1S/C16H20N4O/c1-11-6-8-13(9-7-11)18-19-16(21)15-12(2)17-14-5-3-4-10-20(14)15/h3-5,10-11H,6-9H2,1-2H3,(H,19,21). The number of carbonyl (C=O) groups excluding carboxylic acids is 1. The highest BCUT2D eigenvalue weighted by atomic mass is 16.2. The molecule has 1 aliphatic rings. The number of aromatic nitrogens is 2. The van der Waals surface area contributed by atoms with Crippen molar-refractivity contribution in [3.8, 4) is 0 Å². The van der Waals surface area contributed by atoms with Crippen molar-refractivity contribution in [2.45, 2.75) is 39.5 Å². The molecule has 0 bridgehead atoms. The van der Waals surface area contributed by atoms with Gasteiger partial charge in [0.05, 0.1) is 5.69 Å². The molecule has 0 saturated heterocycles. The van der Waals surface area contributed by atoms with Crippen LogP contribution in [-0.2, 0) is 0 Å². The first-order chi connectivity index (χ1) is 10.1. The fourth-order valence-corrected chi connectivity index (χ4v) is 2.78. The molecule has 3 rings (SSSR count). The van der Waals surface area contributed by atoms with Crippen LogP contribution in [0.4, 0.5) is 0 Å². The van der Waals surface area contributed by atoms with Crippen LogP contribution in [0.2, 0.25) is 0 Å². The zero-order valence-corrected chi connectivity index (χ0v) is 12.5. The Morgan fingerprint density at radius 1 is 1.38 bits per heavy atom. The summed E-state index contributed by atoms with van der Waals surface area (Å²) in [6.07, 6.45) is 6.12. The Kier molecular flexibility index (Phi) is 3.73. The Bertz CT molecular complexity index is 691. The molecule has 1 fully saturated rings. The zero-order valence-electron chi connectivity index (χ0n) is 12.5. The van der Waals surface area contributed by atoms with Crippen LogP contribution < -0.4 is 5.43 Å². The molecule has 0 spiro atoms. The van der Waals surface area contributed by atoms with Gasteiger partial charge in [-0.1, -0.05) is 13.0 Å².